The molecule has 0 saturated heterocycles. The molecule has 0 unspecified atom stereocenters. The minimum Gasteiger partial charge on any atom is -0.435 e. The van der Waals surface area contributed by atoms with Crippen LogP contribution in [0.4, 0.5) is 5.69 Å². The van der Waals surface area contributed by atoms with Gasteiger partial charge in [-0.1, -0.05) is 36.2 Å². The van der Waals surface area contributed by atoms with Crippen LogP contribution in [0.15, 0.2) is 40.8 Å². The van der Waals surface area contributed by atoms with Crippen LogP contribution in [0, 0.1) is 0 Å². The number of carbonyl (C=O) groups excluding carboxylic acids is 1. The Kier molecular flexibility index (Phi) is 4.05. The number of anilines is 1. The summed E-state index contributed by atoms with van der Waals surface area (Å²) in [5.74, 6) is 0.372. The topological polar surface area (TPSA) is 55.1 Å². The van der Waals surface area contributed by atoms with Crippen molar-refractivity contribution in [3.05, 3.63) is 46.4 Å². The van der Waals surface area contributed by atoms with Crippen LogP contribution >= 0.6 is 23.2 Å². The van der Waals surface area contributed by atoms with Crippen molar-refractivity contribution in [2.45, 2.75) is 13.3 Å². The van der Waals surface area contributed by atoms with Gasteiger partial charge in [-0.2, -0.15) is 0 Å². The highest BCUT2D eigenvalue weighted by atomic mass is 35.5. The predicted octanol–water partition coefficient (Wildman–Crippen LogP) is 5.15. The summed E-state index contributed by atoms with van der Waals surface area (Å²) < 4.78 is 5.71. The fourth-order valence-electron chi connectivity index (χ4n) is 2.06. The van der Waals surface area contributed by atoms with E-state index in [9.17, 15) is 4.79 Å². The molecular formula is C16H12Cl2N2O2. The quantitative estimate of drug-likeness (QED) is 0.720. The molecule has 0 bridgehead atoms. The first-order valence-corrected chi connectivity index (χ1v) is 7.48. The number of carbonyl (C=O) groups is 1. The van der Waals surface area contributed by atoms with Crippen LogP contribution in [0.5, 0.6) is 0 Å². The maximum Gasteiger partial charge on any atom is 0.227 e. The van der Waals surface area contributed by atoms with E-state index in [1.807, 2.05) is 18.2 Å². The van der Waals surface area contributed by atoms with Crippen LogP contribution in [0.3, 0.4) is 0 Å². The molecule has 4 nitrogen and oxygen atoms in total. The van der Waals surface area contributed by atoms with Gasteiger partial charge in [0.2, 0.25) is 11.8 Å². The average Bonchev–Trinajstić information content (AvgIpc) is 2.91. The summed E-state index contributed by atoms with van der Waals surface area (Å²) in [6, 6.07) is 10.6. The van der Waals surface area contributed by atoms with Gasteiger partial charge in [0.1, 0.15) is 5.52 Å². The molecule has 0 spiro atoms. The fourth-order valence-corrected chi connectivity index (χ4v) is 2.58. The number of fused-ring (bicyclic) bond motifs is 1. The predicted molar refractivity (Wildman–Crippen MR) is 88.4 cm³/mol. The number of rotatable bonds is 3. The Morgan fingerprint density at radius 2 is 2.09 bits per heavy atom. The van der Waals surface area contributed by atoms with Gasteiger partial charge < -0.3 is 9.73 Å². The summed E-state index contributed by atoms with van der Waals surface area (Å²) in [5, 5.41) is 3.72. The van der Waals surface area contributed by atoms with Gasteiger partial charge in [0.15, 0.2) is 5.58 Å². The molecule has 0 saturated carbocycles. The van der Waals surface area contributed by atoms with E-state index in [0.29, 0.717) is 39.1 Å². The van der Waals surface area contributed by atoms with Crippen LogP contribution in [0.25, 0.3) is 22.6 Å². The Hall–Kier alpha value is -2.04. The molecule has 0 fully saturated rings. The maximum absolute atomic E-state index is 11.5. The monoisotopic (exact) mass is 334 g/mol. The van der Waals surface area contributed by atoms with Crippen LogP contribution < -0.4 is 5.32 Å². The molecule has 6 heteroatoms. The van der Waals surface area contributed by atoms with Gasteiger partial charge in [0, 0.05) is 22.7 Å². The molecule has 0 aliphatic rings. The normalized spacial score (nSPS) is 10.9. The fraction of sp³-hybridized carbons (Fsp3) is 0.125. The Balaban J connectivity index is 2.02. The molecule has 1 aromatic heterocycles. The van der Waals surface area contributed by atoms with Crippen molar-refractivity contribution in [1.29, 1.82) is 0 Å². The SMILES string of the molecule is CCC(=O)Nc1cccc(-c2nc3cc(Cl)cc(Cl)c3o2)c1. The number of oxazole rings is 1. The highest BCUT2D eigenvalue weighted by Gasteiger charge is 2.12. The molecule has 0 aliphatic heterocycles. The van der Waals surface area contributed by atoms with E-state index < -0.39 is 0 Å². The van der Waals surface area contributed by atoms with E-state index in [-0.39, 0.29) is 5.91 Å². The standard InChI is InChI=1S/C16H12Cl2N2O2/c1-2-14(21)19-11-5-3-4-9(6-11)16-20-13-8-10(17)7-12(18)15(13)22-16/h3-8H,2H2,1H3,(H,19,21). The first-order valence-electron chi connectivity index (χ1n) is 6.72. The number of hydrogen-bond donors (Lipinski definition) is 1. The second-order valence-corrected chi connectivity index (χ2v) is 5.58. The average molecular weight is 335 g/mol. The van der Waals surface area contributed by atoms with E-state index in [1.165, 1.54) is 0 Å². The lowest BCUT2D eigenvalue weighted by Crippen LogP contribution is -2.09. The lowest BCUT2D eigenvalue weighted by atomic mass is 10.2. The van der Waals surface area contributed by atoms with E-state index >= 15 is 0 Å². The molecule has 0 radical (unpaired) electrons. The van der Waals surface area contributed by atoms with Gasteiger partial charge in [-0.05, 0) is 30.3 Å². The van der Waals surface area contributed by atoms with E-state index in [2.05, 4.69) is 10.3 Å². The largest absolute Gasteiger partial charge is 0.435 e. The molecule has 0 aliphatic carbocycles. The number of aromatic nitrogens is 1. The molecule has 1 amide bonds. The van der Waals surface area contributed by atoms with Gasteiger partial charge in [0.25, 0.3) is 0 Å². The summed E-state index contributed by atoms with van der Waals surface area (Å²) >= 11 is 12.1. The van der Waals surface area contributed by atoms with Gasteiger partial charge in [-0.25, -0.2) is 4.98 Å². The molecule has 1 N–H and O–H groups in total. The van der Waals surface area contributed by atoms with E-state index in [0.717, 1.165) is 5.56 Å². The maximum atomic E-state index is 11.5. The van der Waals surface area contributed by atoms with Crippen molar-refractivity contribution >= 4 is 45.9 Å². The summed E-state index contributed by atoms with van der Waals surface area (Å²) in [4.78, 5) is 15.9. The molecule has 1 heterocycles. The van der Waals surface area contributed by atoms with Gasteiger partial charge in [0.05, 0.1) is 5.02 Å². The molecule has 112 valence electrons. The van der Waals surface area contributed by atoms with Gasteiger partial charge in [-0.15, -0.1) is 0 Å². The molecular weight excluding hydrogens is 323 g/mol. The van der Waals surface area contributed by atoms with E-state index in [4.69, 9.17) is 27.6 Å². The molecule has 3 aromatic rings. The number of nitrogens with zero attached hydrogens (tertiary/aromatic N) is 1. The third-order valence-corrected chi connectivity index (χ3v) is 3.62. The third kappa shape index (κ3) is 2.93. The van der Waals surface area contributed by atoms with Crippen LogP contribution in [0.2, 0.25) is 10.0 Å². The van der Waals surface area contributed by atoms with Gasteiger partial charge in [-0.3, -0.25) is 4.79 Å². The van der Waals surface area contributed by atoms with Crippen molar-refractivity contribution in [3.63, 3.8) is 0 Å². The van der Waals surface area contributed by atoms with Gasteiger partial charge >= 0.3 is 0 Å². The van der Waals surface area contributed by atoms with Crippen LogP contribution in [-0.2, 0) is 4.79 Å². The highest BCUT2D eigenvalue weighted by molar-refractivity contribution is 6.38. The zero-order chi connectivity index (χ0) is 15.7. The summed E-state index contributed by atoms with van der Waals surface area (Å²) in [6.45, 7) is 1.80. The van der Waals surface area contributed by atoms with Crippen LogP contribution in [0.1, 0.15) is 13.3 Å². The zero-order valence-electron chi connectivity index (χ0n) is 11.7. The van der Waals surface area contributed by atoms with Crippen molar-refractivity contribution in [2.24, 2.45) is 0 Å². The first-order chi connectivity index (χ1) is 10.6. The number of nitrogens with one attached hydrogen (secondary N) is 1. The zero-order valence-corrected chi connectivity index (χ0v) is 13.2. The Bertz CT molecular complexity index is 858. The lowest BCUT2D eigenvalue weighted by Gasteiger charge is -2.04. The number of benzene rings is 2. The van der Waals surface area contributed by atoms with Crippen molar-refractivity contribution in [2.75, 3.05) is 5.32 Å². The minimum absolute atomic E-state index is 0.0514. The third-order valence-electron chi connectivity index (χ3n) is 3.12. The minimum atomic E-state index is -0.0514. The molecule has 2 aromatic carbocycles. The number of hydrogen-bond acceptors (Lipinski definition) is 3. The second kappa shape index (κ2) is 5.99. The van der Waals surface area contributed by atoms with Crippen molar-refractivity contribution in [1.82, 2.24) is 4.98 Å². The number of amides is 1. The highest BCUT2D eigenvalue weighted by Crippen LogP contribution is 2.32. The van der Waals surface area contributed by atoms with E-state index in [1.54, 1.807) is 25.1 Å². The second-order valence-electron chi connectivity index (χ2n) is 4.74. The smallest absolute Gasteiger partial charge is 0.227 e. The molecule has 3 rings (SSSR count). The number of halogens is 2. The Labute approximate surface area is 137 Å². The van der Waals surface area contributed by atoms with Crippen molar-refractivity contribution < 1.29 is 9.21 Å². The first kappa shape index (κ1) is 14.9. The summed E-state index contributed by atoms with van der Waals surface area (Å²) in [7, 11) is 0. The summed E-state index contributed by atoms with van der Waals surface area (Å²) in [5.41, 5.74) is 2.52. The molecule has 22 heavy (non-hydrogen) atoms. The van der Waals surface area contributed by atoms with Crippen LogP contribution in [-0.4, -0.2) is 10.9 Å². The lowest BCUT2D eigenvalue weighted by molar-refractivity contribution is -0.115. The van der Waals surface area contributed by atoms with Crippen molar-refractivity contribution in [3.8, 4) is 11.5 Å². The molecule has 0 atom stereocenters. The Morgan fingerprint density at radius 3 is 2.86 bits per heavy atom. The summed E-state index contributed by atoms with van der Waals surface area (Å²) in [6.07, 6.45) is 0.418. The Morgan fingerprint density at radius 1 is 1.27 bits per heavy atom.